The molecule has 126 valence electrons. The average molecular weight is 325 g/mol. The molecule has 0 atom stereocenters. The van der Waals surface area contributed by atoms with Gasteiger partial charge in [-0.25, -0.2) is 0 Å². The van der Waals surface area contributed by atoms with Crippen LogP contribution in [0, 0.1) is 0 Å². The fourth-order valence-corrected chi connectivity index (χ4v) is 3.26. The molecule has 0 fully saturated rings. The van der Waals surface area contributed by atoms with Gasteiger partial charge in [0, 0.05) is 23.1 Å². The van der Waals surface area contributed by atoms with Crippen LogP contribution < -0.4 is 5.73 Å². The van der Waals surface area contributed by atoms with Gasteiger partial charge in [-0.05, 0) is 57.0 Å². The van der Waals surface area contributed by atoms with E-state index in [0.717, 1.165) is 36.7 Å². The summed E-state index contributed by atoms with van der Waals surface area (Å²) in [6.45, 7) is 2.88. The summed E-state index contributed by atoms with van der Waals surface area (Å²) in [7, 11) is 2.03. The number of nitrogens with zero attached hydrogens (tertiary/aromatic N) is 2. The van der Waals surface area contributed by atoms with E-state index in [1.807, 2.05) is 31.3 Å². The Bertz CT molecular complexity index is 722. The van der Waals surface area contributed by atoms with Crippen LogP contribution in [0.2, 0.25) is 0 Å². The van der Waals surface area contributed by atoms with Crippen molar-refractivity contribution in [2.24, 2.45) is 5.73 Å². The first-order chi connectivity index (χ1) is 11.6. The molecule has 2 aromatic rings. The van der Waals surface area contributed by atoms with Crippen LogP contribution in [-0.2, 0) is 0 Å². The molecule has 1 heterocycles. The van der Waals surface area contributed by atoms with Gasteiger partial charge >= 0.3 is 0 Å². The zero-order valence-corrected chi connectivity index (χ0v) is 14.0. The summed E-state index contributed by atoms with van der Waals surface area (Å²) in [5, 5.41) is 1.72. The molecule has 5 heteroatoms. The van der Waals surface area contributed by atoms with Crippen LogP contribution in [0.4, 0.5) is 0 Å². The molecular formula is C19H23N3O2. The summed E-state index contributed by atoms with van der Waals surface area (Å²) in [5.41, 5.74) is 6.76. The molecule has 0 saturated carbocycles. The van der Waals surface area contributed by atoms with Crippen molar-refractivity contribution in [3.05, 3.63) is 47.5 Å². The van der Waals surface area contributed by atoms with Crippen molar-refractivity contribution in [1.29, 1.82) is 0 Å². The van der Waals surface area contributed by atoms with Crippen molar-refractivity contribution < 1.29 is 9.59 Å². The Balaban J connectivity index is 1.75. The molecule has 1 aliphatic heterocycles. The third-order valence-electron chi connectivity index (χ3n) is 4.52. The third-order valence-corrected chi connectivity index (χ3v) is 4.52. The number of carbonyl (C=O) groups excluding carboxylic acids is 2. The molecule has 0 aliphatic carbocycles. The molecular weight excluding hydrogens is 302 g/mol. The summed E-state index contributed by atoms with van der Waals surface area (Å²) < 4.78 is 0. The molecule has 0 spiro atoms. The maximum absolute atomic E-state index is 12.7. The highest BCUT2D eigenvalue weighted by atomic mass is 16.2. The van der Waals surface area contributed by atoms with E-state index in [9.17, 15) is 9.59 Å². The van der Waals surface area contributed by atoms with Crippen molar-refractivity contribution in [2.45, 2.75) is 12.8 Å². The molecule has 5 nitrogen and oxygen atoms in total. The van der Waals surface area contributed by atoms with E-state index in [1.54, 1.807) is 12.1 Å². The molecule has 0 radical (unpaired) electrons. The molecule has 1 aliphatic rings. The summed E-state index contributed by atoms with van der Waals surface area (Å²) in [5.74, 6) is -0.372. The first-order valence-electron chi connectivity index (χ1n) is 8.40. The number of nitrogens with two attached hydrogens (primary N) is 1. The van der Waals surface area contributed by atoms with Gasteiger partial charge in [0.15, 0.2) is 0 Å². The maximum Gasteiger partial charge on any atom is 0.261 e. The van der Waals surface area contributed by atoms with Crippen LogP contribution in [0.1, 0.15) is 33.6 Å². The fourth-order valence-electron chi connectivity index (χ4n) is 3.26. The molecule has 0 bridgehead atoms. The summed E-state index contributed by atoms with van der Waals surface area (Å²) >= 11 is 0. The van der Waals surface area contributed by atoms with Gasteiger partial charge < -0.3 is 10.6 Å². The van der Waals surface area contributed by atoms with Crippen molar-refractivity contribution >= 4 is 22.6 Å². The third kappa shape index (κ3) is 3.05. The number of carbonyl (C=O) groups is 2. The van der Waals surface area contributed by atoms with E-state index in [4.69, 9.17) is 5.73 Å². The van der Waals surface area contributed by atoms with E-state index in [0.29, 0.717) is 24.2 Å². The highest BCUT2D eigenvalue weighted by Gasteiger charge is 2.32. The minimum atomic E-state index is -0.186. The van der Waals surface area contributed by atoms with E-state index in [1.165, 1.54) is 4.90 Å². The van der Waals surface area contributed by atoms with E-state index in [-0.39, 0.29) is 11.8 Å². The van der Waals surface area contributed by atoms with Crippen LogP contribution in [0.25, 0.3) is 10.8 Å². The molecule has 3 rings (SSSR count). The first kappa shape index (κ1) is 16.6. The highest BCUT2D eigenvalue weighted by Crippen LogP contribution is 2.29. The molecule has 0 aromatic heterocycles. The van der Waals surface area contributed by atoms with Crippen molar-refractivity contribution in [1.82, 2.24) is 9.80 Å². The fraction of sp³-hybridized carbons (Fsp3) is 0.368. The lowest BCUT2D eigenvalue weighted by atomic mass is 9.94. The summed E-state index contributed by atoms with van der Waals surface area (Å²) in [6, 6.07) is 11.2. The van der Waals surface area contributed by atoms with Crippen molar-refractivity contribution in [2.75, 3.05) is 33.2 Å². The Hall–Kier alpha value is -2.24. The second-order valence-corrected chi connectivity index (χ2v) is 6.27. The Kier molecular flexibility index (Phi) is 4.92. The molecule has 0 unspecified atom stereocenters. The van der Waals surface area contributed by atoms with Gasteiger partial charge in [-0.2, -0.15) is 0 Å². The minimum absolute atomic E-state index is 0.186. The highest BCUT2D eigenvalue weighted by molar-refractivity contribution is 6.25. The number of benzene rings is 2. The van der Waals surface area contributed by atoms with Crippen LogP contribution >= 0.6 is 0 Å². The predicted octanol–water partition coefficient (Wildman–Crippen LogP) is 2.11. The lowest BCUT2D eigenvalue weighted by Crippen LogP contribution is -2.41. The Morgan fingerprint density at radius 3 is 2.12 bits per heavy atom. The topological polar surface area (TPSA) is 66.6 Å². The van der Waals surface area contributed by atoms with Crippen LogP contribution in [-0.4, -0.2) is 54.8 Å². The van der Waals surface area contributed by atoms with Gasteiger partial charge in [-0.3, -0.25) is 14.5 Å². The van der Waals surface area contributed by atoms with Crippen LogP contribution in [0.15, 0.2) is 36.4 Å². The largest absolute Gasteiger partial charge is 0.330 e. The second kappa shape index (κ2) is 7.11. The number of hydrogen-bond acceptors (Lipinski definition) is 4. The predicted molar refractivity (Wildman–Crippen MR) is 95.1 cm³/mol. The Labute approximate surface area is 142 Å². The van der Waals surface area contributed by atoms with E-state index < -0.39 is 0 Å². The SMILES string of the molecule is CN(CCCN)CCCN1C(=O)c2cccc3cccc(c23)C1=O. The van der Waals surface area contributed by atoms with Gasteiger partial charge in [0.05, 0.1) is 0 Å². The normalized spacial score (nSPS) is 14.0. The minimum Gasteiger partial charge on any atom is -0.330 e. The van der Waals surface area contributed by atoms with Gasteiger partial charge in [-0.1, -0.05) is 24.3 Å². The molecule has 2 amide bonds. The van der Waals surface area contributed by atoms with Crippen LogP contribution in [0.5, 0.6) is 0 Å². The molecule has 24 heavy (non-hydrogen) atoms. The zero-order valence-electron chi connectivity index (χ0n) is 14.0. The van der Waals surface area contributed by atoms with Gasteiger partial charge in [0.25, 0.3) is 11.8 Å². The molecule has 2 aromatic carbocycles. The second-order valence-electron chi connectivity index (χ2n) is 6.27. The average Bonchev–Trinajstić information content (AvgIpc) is 2.60. The van der Waals surface area contributed by atoms with Gasteiger partial charge in [-0.15, -0.1) is 0 Å². The standard InChI is InChI=1S/C19H23N3O2/c1-21(11-4-10-20)12-5-13-22-18(23)15-8-2-6-14-7-3-9-16(17(14)15)19(22)24/h2-3,6-9H,4-5,10-13,20H2,1H3. The Morgan fingerprint density at radius 2 is 1.54 bits per heavy atom. The smallest absolute Gasteiger partial charge is 0.261 e. The molecule has 2 N–H and O–H groups in total. The van der Waals surface area contributed by atoms with Crippen LogP contribution in [0.3, 0.4) is 0 Å². The monoisotopic (exact) mass is 325 g/mol. The first-order valence-corrected chi connectivity index (χ1v) is 8.40. The van der Waals surface area contributed by atoms with Crippen molar-refractivity contribution in [3.63, 3.8) is 0 Å². The summed E-state index contributed by atoms with van der Waals surface area (Å²) in [4.78, 5) is 29.0. The van der Waals surface area contributed by atoms with Gasteiger partial charge in [0.2, 0.25) is 0 Å². The Morgan fingerprint density at radius 1 is 0.958 bits per heavy atom. The molecule has 0 saturated heterocycles. The quantitative estimate of drug-likeness (QED) is 0.792. The van der Waals surface area contributed by atoms with Crippen molar-refractivity contribution in [3.8, 4) is 0 Å². The summed E-state index contributed by atoms with van der Waals surface area (Å²) in [6.07, 6.45) is 1.71. The lowest BCUT2D eigenvalue weighted by Gasteiger charge is -2.27. The number of hydrogen-bond donors (Lipinski definition) is 1. The zero-order chi connectivity index (χ0) is 17.1. The van der Waals surface area contributed by atoms with Gasteiger partial charge in [0.1, 0.15) is 0 Å². The van der Waals surface area contributed by atoms with E-state index >= 15 is 0 Å². The maximum atomic E-state index is 12.7. The number of imide groups is 1. The number of amides is 2. The lowest BCUT2D eigenvalue weighted by molar-refractivity contribution is 0.0605. The van der Waals surface area contributed by atoms with E-state index in [2.05, 4.69) is 4.90 Å². The number of rotatable bonds is 7.